The molecule has 0 radical (unpaired) electrons. The van der Waals surface area contributed by atoms with E-state index in [4.69, 9.17) is 11.6 Å². The summed E-state index contributed by atoms with van der Waals surface area (Å²) >= 11 is 7.42. The van der Waals surface area contributed by atoms with Crippen molar-refractivity contribution in [1.82, 2.24) is 4.90 Å². The fourth-order valence-corrected chi connectivity index (χ4v) is 4.32. The van der Waals surface area contributed by atoms with E-state index < -0.39 is 5.25 Å². The summed E-state index contributed by atoms with van der Waals surface area (Å²) < 4.78 is 0. The molecule has 1 aliphatic heterocycles. The fourth-order valence-electron chi connectivity index (χ4n) is 2.98. The summed E-state index contributed by atoms with van der Waals surface area (Å²) in [5.41, 5.74) is 2.59. The Morgan fingerprint density at radius 2 is 2.06 bits per heavy atom. The van der Waals surface area contributed by atoms with E-state index in [9.17, 15) is 14.4 Å². The van der Waals surface area contributed by atoms with Crippen LogP contribution in [0.4, 0.5) is 11.4 Å². The zero-order valence-corrected chi connectivity index (χ0v) is 18.8. The molecule has 0 unspecified atom stereocenters. The van der Waals surface area contributed by atoms with Crippen LogP contribution in [0.25, 0.3) is 0 Å². The summed E-state index contributed by atoms with van der Waals surface area (Å²) in [6.07, 6.45) is 1.60. The standard InChI is InChI=1S/C23H22ClN3O3S/c1-4-10-27-22(30)20(31-23(27)26-18-9-8-14(2)19(24)12-18)13-21(29)25-17-7-5-6-16(11-17)15(3)28/h4-9,11-12,20H,1,10,13H2,2-3H3,(H,25,29)/t20-/m0/s1. The first-order chi connectivity index (χ1) is 14.8. The largest absolute Gasteiger partial charge is 0.326 e. The van der Waals surface area contributed by atoms with Crippen molar-refractivity contribution in [1.29, 1.82) is 0 Å². The average molecular weight is 456 g/mol. The minimum Gasteiger partial charge on any atom is -0.326 e. The number of hydrogen-bond donors (Lipinski definition) is 1. The highest BCUT2D eigenvalue weighted by Crippen LogP contribution is 2.32. The van der Waals surface area contributed by atoms with E-state index in [1.807, 2.05) is 19.1 Å². The number of ketones is 1. The van der Waals surface area contributed by atoms with Crippen LogP contribution in [0.5, 0.6) is 0 Å². The summed E-state index contributed by atoms with van der Waals surface area (Å²) in [4.78, 5) is 43.0. The minimum atomic E-state index is -0.601. The fraction of sp³-hybridized carbons (Fsp3) is 0.217. The molecule has 1 N–H and O–H groups in total. The van der Waals surface area contributed by atoms with Crippen molar-refractivity contribution in [2.75, 3.05) is 11.9 Å². The maximum atomic E-state index is 12.9. The maximum Gasteiger partial charge on any atom is 0.242 e. The quantitative estimate of drug-likeness (QED) is 0.470. The number of carbonyl (C=O) groups is 3. The normalized spacial score (nSPS) is 17.1. The Morgan fingerprint density at radius 3 is 2.74 bits per heavy atom. The number of nitrogens with one attached hydrogen (secondary N) is 1. The highest BCUT2D eigenvalue weighted by molar-refractivity contribution is 8.15. The highest BCUT2D eigenvalue weighted by atomic mass is 35.5. The number of rotatable bonds is 7. The van der Waals surface area contributed by atoms with Crippen molar-refractivity contribution in [3.05, 3.63) is 71.3 Å². The number of aliphatic imine (C=N–C) groups is 1. The van der Waals surface area contributed by atoms with Gasteiger partial charge in [-0.1, -0.05) is 47.6 Å². The Labute approximate surface area is 190 Å². The molecule has 0 spiro atoms. The van der Waals surface area contributed by atoms with Crippen LogP contribution >= 0.6 is 23.4 Å². The molecule has 8 heteroatoms. The molecule has 2 aromatic rings. The van der Waals surface area contributed by atoms with Gasteiger partial charge in [-0.15, -0.1) is 6.58 Å². The highest BCUT2D eigenvalue weighted by Gasteiger charge is 2.38. The zero-order valence-electron chi connectivity index (χ0n) is 17.2. The van der Waals surface area contributed by atoms with Crippen LogP contribution in [-0.2, 0) is 9.59 Å². The molecule has 1 aliphatic rings. The lowest BCUT2D eigenvalue weighted by molar-refractivity contribution is -0.127. The van der Waals surface area contributed by atoms with Crippen molar-refractivity contribution < 1.29 is 14.4 Å². The first-order valence-electron chi connectivity index (χ1n) is 9.63. The smallest absolute Gasteiger partial charge is 0.242 e. The number of nitrogens with zero attached hydrogens (tertiary/aromatic N) is 2. The molecular formula is C23H22ClN3O3S. The van der Waals surface area contributed by atoms with E-state index in [1.54, 1.807) is 36.4 Å². The van der Waals surface area contributed by atoms with E-state index in [1.165, 1.54) is 23.6 Å². The predicted molar refractivity (Wildman–Crippen MR) is 126 cm³/mol. The molecule has 0 bridgehead atoms. The molecule has 1 fully saturated rings. The van der Waals surface area contributed by atoms with Gasteiger partial charge >= 0.3 is 0 Å². The number of Topliss-reactive ketones (excluding diaryl/α,β-unsaturated/α-hetero) is 1. The van der Waals surface area contributed by atoms with E-state index in [2.05, 4.69) is 16.9 Å². The topological polar surface area (TPSA) is 78.8 Å². The molecule has 1 heterocycles. The second-order valence-corrected chi connectivity index (χ2v) is 8.64. The van der Waals surface area contributed by atoms with Gasteiger partial charge in [-0.05, 0) is 43.7 Å². The van der Waals surface area contributed by atoms with E-state index >= 15 is 0 Å². The Hall–Kier alpha value is -2.90. The average Bonchev–Trinajstić information content (AvgIpc) is 3.00. The number of benzene rings is 2. The van der Waals surface area contributed by atoms with Gasteiger partial charge in [0.2, 0.25) is 11.8 Å². The van der Waals surface area contributed by atoms with Gasteiger partial charge in [0.1, 0.15) is 5.25 Å². The number of thioether (sulfide) groups is 1. The minimum absolute atomic E-state index is 0.0187. The molecule has 0 aliphatic carbocycles. The number of aryl methyl sites for hydroxylation is 1. The second-order valence-electron chi connectivity index (χ2n) is 7.06. The van der Waals surface area contributed by atoms with E-state index in [0.29, 0.717) is 33.7 Å². The molecule has 2 aromatic carbocycles. The van der Waals surface area contributed by atoms with Gasteiger partial charge in [0.05, 0.1) is 5.69 Å². The molecule has 6 nitrogen and oxygen atoms in total. The summed E-state index contributed by atoms with van der Waals surface area (Å²) in [5.74, 6) is -0.603. The lowest BCUT2D eigenvalue weighted by Gasteiger charge is -2.14. The number of carbonyl (C=O) groups excluding carboxylic acids is 3. The molecular weight excluding hydrogens is 434 g/mol. The summed E-state index contributed by atoms with van der Waals surface area (Å²) in [6.45, 7) is 7.36. The molecule has 0 saturated carbocycles. The molecule has 1 atom stereocenters. The van der Waals surface area contributed by atoms with Gasteiger partial charge in [-0.3, -0.25) is 19.3 Å². The number of amidine groups is 1. The van der Waals surface area contributed by atoms with Gasteiger partial charge in [0, 0.05) is 29.2 Å². The summed E-state index contributed by atoms with van der Waals surface area (Å²) in [6, 6.07) is 12.1. The molecule has 31 heavy (non-hydrogen) atoms. The number of amides is 2. The Kier molecular flexibility index (Phi) is 7.30. The Bertz CT molecular complexity index is 1080. The number of halogens is 1. The van der Waals surface area contributed by atoms with Crippen molar-refractivity contribution in [3.8, 4) is 0 Å². The first-order valence-corrected chi connectivity index (χ1v) is 10.9. The van der Waals surface area contributed by atoms with Gasteiger partial charge in [-0.2, -0.15) is 0 Å². The third-order valence-electron chi connectivity index (χ3n) is 4.64. The number of hydrogen-bond acceptors (Lipinski definition) is 5. The van der Waals surface area contributed by atoms with Crippen LogP contribution in [0.3, 0.4) is 0 Å². The van der Waals surface area contributed by atoms with Crippen molar-refractivity contribution in [3.63, 3.8) is 0 Å². The lowest BCUT2D eigenvalue weighted by Crippen LogP contribution is -2.33. The molecule has 3 rings (SSSR count). The van der Waals surface area contributed by atoms with Crippen LogP contribution in [0.2, 0.25) is 5.02 Å². The third kappa shape index (κ3) is 5.62. The summed E-state index contributed by atoms with van der Waals surface area (Å²) in [5, 5.41) is 3.25. The predicted octanol–water partition coefficient (Wildman–Crippen LogP) is 5.00. The van der Waals surface area contributed by atoms with E-state index in [-0.39, 0.29) is 24.0 Å². The lowest BCUT2D eigenvalue weighted by atomic mass is 10.1. The van der Waals surface area contributed by atoms with Crippen molar-refractivity contribution in [2.45, 2.75) is 25.5 Å². The molecule has 1 saturated heterocycles. The van der Waals surface area contributed by atoms with Crippen LogP contribution in [0, 0.1) is 6.92 Å². The first kappa shape index (κ1) is 22.8. The van der Waals surface area contributed by atoms with Crippen molar-refractivity contribution in [2.24, 2.45) is 4.99 Å². The monoisotopic (exact) mass is 455 g/mol. The molecule has 2 amide bonds. The van der Waals surface area contributed by atoms with Crippen LogP contribution in [-0.4, -0.2) is 39.5 Å². The Morgan fingerprint density at radius 1 is 1.29 bits per heavy atom. The molecule has 160 valence electrons. The SMILES string of the molecule is C=CCN1C(=O)[C@H](CC(=O)Nc2cccc(C(C)=O)c2)SC1=Nc1ccc(C)c(Cl)c1. The van der Waals surface area contributed by atoms with Gasteiger partial charge in [0.25, 0.3) is 0 Å². The number of anilines is 1. The third-order valence-corrected chi connectivity index (χ3v) is 6.22. The van der Waals surface area contributed by atoms with Crippen LogP contribution < -0.4 is 5.32 Å². The Balaban J connectivity index is 1.75. The van der Waals surface area contributed by atoms with Crippen LogP contribution in [0.15, 0.2) is 60.1 Å². The summed E-state index contributed by atoms with van der Waals surface area (Å²) in [7, 11) is 0. The van der Waals surface area contributed by atoms with Gasteiger partial charge in [-0.25, -0.2) is 4.99 Å². The van der Waals surface area contributed by atoms with Crippen molar-refractivity contribution >= 4 is 57.5 Å². The second kappa shape index (κ2) is 9.94. The van der Waals surface area contributed by atoms with Gasteiger partial charge in [0.15, 0.2) is 11.0 Å². The van der Waals surface area contributed by atoms with Crippen LogP contribution in [0.1, 0.15) is 29.3 Å². The zero-order chi connectivity index (χ0) is 22.5. The van der Waals surface area contributed by atoms with E-state index in [0.717, 1.165) is 5.56 Å². The van der Waals surface area contributed by atoms with Gasteiger partial charge < -0.3 is 5.32 Å². The maximum absolute atomic E-state index is 12.9. The molecule has 0 aromatic heterocycles.